The molecule has 1 fully saturated rings. The Morgan fingerprint density at radius 3 is 2.50 bits per heavy atom. The van der Waals surface area contributed by atoms with E-state index < -0.39 is 0 Å². The van der Waals surface area contributed by atoms with Gasteiger partial charge in [0.2, 0.25) is 0 Å². The first-order valence-electron chi connectivity index (χ1n) is 9.57. The number of allylic oxidation sites excluding steroid dienone is 1. The number of benzene rings is 2. The van der Waals surface area contributed by atoms with Crippen molar-refractivity contribution in [2.45, 2.75) is 58.3 Å². The average molecular weight is 322 g/mol. The Bertz CT molecular complexity index is 677. The van der Waals surface area contributed by atoms with Crippen LogP contribution in [0.1, 0.15) is 63.9 Å². The third kappa shape index (κ3) is 4.20. The second-order valence-corrected chi connectivity index (χ2v) is 7.15. The number of hydrogen-bond acceptors (Lipinski definition) is 1. The zero-order valence-corrected chi connectivity index (χ0v) is 15.1. The SMILES string of the molecule is CC=CCOc1ccc2cc(C3CCC(CCC)CC3)ccc2c1. The molecule has 0 spiro atoms. The molecule has 128 valence electrons. The molecule has 3 rings (SSSR count). The summed E-state index contributed by atoms with van der Waals surface area (Å²) >= 11 is 0. The topological polar surface area (TPSA) is 9.23 Å². The molecule has 0 heterocycles. The lowest BCUT2D eigenvalue weighted by Gasteiger charge is -2.28. The summed E-state index contributed by atoms with van der Waals surface area (Å²) in [6, 6.07) is 13.4. The monoisotopic (exact) mass is 322 g/mol. The van der Waals surface area contributed by atoms with Gasteiger partial charge < -0.3 is 4.74 Å². The fraction of sp³-hybridized carbons (Fsp3) is 0.478. The van der Waals surface area contributed by atoms with Crippen molar-refractivity contribution in [2.24, 2.45) is 5.92 Å². The van der Waals surface area contributed by atoms with Crippen LogP contribution in [0.2, 0.25) is 0 Å². The molecule has 24 heavy (non-hydrogen) atoms. The van der Waals surface area contributed by atoms with Gasteiger partial charge in [-0.25, -0.2) is 0 Å². The number of rotatable bonds is 6. The molecule has 0 saturated heterocycles. The van der Waals surface area contributed by atoms with Gasteiger partial charge in [-0.05, 0) is 72.9 Å². The zero-order chi connectivity index (χ0) is 16.8. The van der Waals surface area contributed by atoms with Crippen molar-refractivity contribution < 1.29 is 4.74 Å². The average Bonchev–Trinajstić information content (AvgIpc) is 2.62. The Morgan fingerprint density at radius 1 is 1.00 bits per heavy atom. The Labute approximate surface area is 146 Å². The maximum absolute atomic E-state index is 5.75. The van der Waals surface area contributed by atoms with Gasteiger partial charge in [0.1, 0.15) is 12.4 Å². The predicted molar refractivity (Wildman–Crippen MR) is 104 cm³/mol. The minimum Gasteiger partial charge on any atom is -0.490 e. The van der Waals surface area contributed by atoms with Gasteiger partial charge in [0, 0.05) is 0 Å². The van der Waals surface area contributed by atoms with Gasteiger partial charge in [0.25, 0.3) is 0 Å². The molecule has 0 N–H and O–H groups in total. The standard InChI is InChI=1S/C23H30O/c1-3-5-15-24-23-14-13-21-16-20(11-12-22(21)17-23)19-9-7-18(6-4-2)8-10-19/h3,5,11-14,16-19H,4,6-10,15H2,1-2H3. The minimum atomic E-state index is 0.640. The molecular weight excluding hydrogens is 292 g/mol. The van der Waals surface area contributed by atoms with Crippen molar-refractivity contribution in [1.82, 2.24) is 0 Å². The molecule has 0 amide bonds. The molecule has 0 atom stereocenters. The van der Waals surface area contributed by atoms with Crippen molar-refractivity contribution in [3.05, 3.63) is 54.1 Å². The number of ether oxygens (including phenoxy) is 1. The molecule has 0 unspecified atom stereocenters. The second-order valence-electron chi connectivity index (χ2n) is 7.15. The van der Waals surface area contributed by atoms with Gasteiger partial charge in [0.15, 0.2) is 0 Å². The van der Waals surface area contributed by atoms with Crippen LogP contribution in [0.4, 0.5) is 0 Å². The van der Waals surface area contributed by atoms with Gasteiger partial charge in [-0.15, -0.1) is 0 Å². The van der Waals surface area contributed by atoms with Crippen LogP contribution in [0.5, 0.6) is 5.75 Å². The zero-order valence-electron chi connectivity index (χ0n) is 15.1. The van der Waals surface area contributed by atoms with Crippen LogP contribution in [0.3, 0.4) is 0 Å². The molecule has 2 aromatic carbocycles. The van der Waals surface area contributed by atoms with Crippen molar-refractivity contribution in [3.63, 3.8) is 0 Å². The summed E-state index contributed by atoms with van der Waals surface area (Å²) in [6.07, 6.45) is 12.3. The summed E-state index contributed by atoms with van der Waals surface area (Å²) in [6.45, 7) is 4.97. The van der Waals surface area contributed by atoms with Crippen molar-refractivity contribution in [3.8, 4) is 5.75 Å². The maximum Gasteiger partial charge on any atom is 0.120 e. The molecule has 1 nitrogen and oxygen atoms in total. The highest BCUT2D eigenvalue weighted by atomic mass is 16.5. The van der Waals surface area contributed by atoms with E-state index in [2.05, 4.69) is 43.3 Å². The van der Waals surface area contributed by atoms with Gasteiger partial charge in [0.05, 0.1) is 0 Å². The summed E-state index contributed by atoms with van der Waals surface area (Å²) in [4.78, 5) is 0. The molecule has 2 aromatic rings. The van der Waals surface area contributed by atoms with E-state index >= 15 is 0 Å². The first kappa shape index (κ1) is 17.1. The maximum atomic E-state index is 5.75. The van der Waals surface area contributed by atoms with E-state index in [-0.39, 0.29) is 0 Å². The van der Waals surface area contributed by atoms with Crippen LogP contribution >= 0.6 is 0 Å². The molecule has 1 heteroatoms. The first-order chi connectivity index (χ1) is 11.8. The molecule has 1 aliphatic rings. The Morgan fingerprint density at radius 2 is 1.75 bits per heavy atom. The molecule has 0 aromatic heterocycles. The number of fused-ring (bicyclic) bond motifs is 1. The molecule has 0 bridgehead atoms. The van der Waals surface area contributed by atoms with E-state index in [1.165, 1.54) is 54.9 Å². The molecular formula is C23H30O. The fourth-order valence-electron chi connectivity index (χ4n) is 4.02. The van der Waals surface area contributed by atoms with Crippen molar-refractivity contribution >= 4 is 10.8 Å². The van der Waals surface area contributed by atoms with Crippen LogP contribution < -0.4 is 4.74 Å². The van der Waals surface area contributed by atoms with Crippen molar-refractivity contribution in [1.29, 1.82) is 0 Å². The third-order valence-electron chi connectivity index (χ3n) is 5.43. The van der Waals surface area contributed by atoms with E-state index in [4.69, 9.17) is 4.74 Å². The van der Waals surface area contributed by atoms with E-state index in [1.807, 2.05) is 19.1 Å². The third-order valence-corrected chi connectivity index (χ3v) is 5.43. The van der Waals surface area contributed by atoms with Gasteiger partial charge >= 0.3 is 0 Å². The minimum absolute atomic E-state index is 0.640. The quantitative estimate of drug-likeness (QED) is 0.527. The van der Waals surface area contributed by atoms with E-state index in [0.717, 1.165) is 17.6 Å². The highest BCUT2D eigenvalue weighted by Gasteiger charge is 2.21. The van der Waals surface area contributed by atoms with Crippen LogP contribution in [-0.2, 0) is 0 Å². The van der Waals surface area contributed by atoms with E-state index in [9.17, 15) is 0 Å². The first-order valence-corrected chi connectivity index (χ1v) is 9.57. The summed E-state index contributed by atoms with van der Waals surface area (Å²) in [5.74, 6) is 2.69. The Hall–Kier alpha value is -1.76. The molecule has 0 aliphatic heterocycles. The van der Waals surface area contributed by atoms with Crippen LogP contribution in [0.15, 0.2) is 48.6 Å². The normalized spacial score (nSPS) is 21.4. The Balaban J connectivity index is 1.69. The highest BCUT2D eigenvalue weighted by molar-refractivity contribution is 5.84. The molecule has 1 saturated carbocycles. The highest BCUT2D eigenvalue weighted by Crippen LogP contribution is 2.38. The Kier molecular flexibility index (Phi) is 5.96. The van der Waals surface area contributed by atoms with Crippen LogP contribution in [0.25, 0.3) is 10.8 Å². The summed E-state index contributed by atoms with van der Waals surface area (Å²) in [7, 11) is 0. The second kappa shape index (κ2) is 8.37. The predicted octanol–water partition coefficient (Wildman–Crippen LogP) is 6.87. The van der Waals surface area contributed by atoms with E-state index in [1.54, 1.807) is 0 Å². The number of hydrogen-bond donors (Lipinski definition) is 0. The lowest BCUT2D eigenvalue weighted by molar-refractivity contribution is 0.308. The van der Waals surface area contributed by atoms with Gasteiger partial charge in [-0.2, -0.15) is 0 Å². The smallest absolute Gasteiger partial charge is 0.120 e. The summed E-state index contributed by atoms with van der Waals surface area (Å²) in [5.41, 5.74) is 1.53. The van der Waals surface area contributed by atoms with Gasteiger partial charge in [-0.1, -0.05) is 56.2 Å². The lowest BCUT2D eigenvalue weighted by Crippen LogP contribution is -2.13. The van der Waals surface area contributed by atoms with E-state index in [0.29, 0.717) is 6.61 Å². The molecule has 0 radical (unpaired) electrons. The van der Waals surface area contributed by atoms with Crippen LogP contribution in [-0.4, -0.2) is 6.61 Å². The van der Waals surface area contributed by atoms with Crippen LogP contribution in [0, 0.1) is 5.92 Å². The van der Waals surface area contributed by atoms with Crippen molar-refractivity contribution in [2.75, 3.05) is 6.61 Å². The van der Waals surface area contributed by atoms with Gasteiger partial charge in [-0.3, -0.25) is 0 Å². The molecule has 1 aliphatic carbocycles. The summed E-state index contributed by atoms with van der Waals surface area (Å²) in [5, 5.41) is 2.61. The lowest BCUT2D eigenvalue weighted by atomic mass is 9.77. The largest absolute Gasteiger partial charge is 0.490 e. The fourth-order valence-corrected chi connectivity index (χ4v) is 4.02. The summed E-state index contributed by atoms with van der Waals surface area (Å²) < 4.78 is 5.75.